The zero-order chi connectivity index (χ0) is 17.8. The van der Waals surface area contributed by atoms with Gasteiger partial charge in [-0.2, -0.15) is 0 Å². The molecule has 1 rings (SSSR count). The van der Waals surface area contributed by atoms with Gasteiger partial charge in [-0.05, 0) is 12.8 Å². The summed E-state index contributed by atoms with van der Waals surface area (Å²) in [6.45, 7) is 0. The summed E-state index contributed by atoms with van der Waals surface area (Å²) < 4.78 is 0. The Hall–Kier alpha value is -0.0400. The van der Waals surface area contributed by atoms with Crippen molar-refractivity contribution < 1.29 is 5.11 Å². The van der Waals surface area contributed by atoms with E-state index in [1.807, 2.05) is 0 Å². The van der Waals surface area contributed by atoms with Crippen LogP contribution in [0.4, 0.5) is 0 Å². The average molecular weight is 352 g/mol. The molecule has 149 valence electrons. The predicted molar refractivity (Wildman–Crippen MR) is 111 cm³/mol. The fourth-order valence-electron chi connectivity index (χ4n) is 4.25. The second-order valence-electron chi connectivity index (χ2n) is 8.62. The van der Waals surface area contributed by atoms with E-state index in [2.05, 4.69) is 0 Å². The maximum atomic E-state index is 12.0. The van der Waals surface area contributed by atoms with Crippen molar-refractivity contribution in [3.63, 3.8) is 0 Å². The van der Waals surface area contributed by atoms with Crippen LogP contribution < -0.4 is 0 Å². The molecule has 0 unspecified atom stereocenters. The van der Waals surface area contributed by atoms with E-state index in [9.17, 15) is 5.11 Å². The van der Waals surface area contributed by atoms with Crippen molar-refractivity contribution >= 4 is 0 Å². The highest BCUT2D eigenvalue weighted by atomic mass is 16.3. The SMILES string of the molecule is [O]C1CCCCCCCCCCCCCCCCCCCCCCC1. The van der Waals surface area contributed by atoms with Gasteiger partial charge >= 0.3 is 0 Å². The molecule has 1 heteroatoms. The minimum atomic E-state index is -0.273. The van der Waals surface area contributed by atoms with Crippen molar-refractivity contribution in [2.45, 2.75) is 154 Å². The second-order valence-corrected chi connectivity index (χ2v) is 8.62. The molecular formula is C24H47O. The van der Waals surface area contributed by atoms with E-state index in [1.54, 1.807) is 0 Å². The van der Waals surface area contributed by atoms with Gasteiger partial charge in [-0.3, -0.25) is 0 Å². The largest absolute Gasteiger partial charge is 0.233 e. The standard InChI is InChI=1S/C24H47O/c25-24-22-20-18-16-14-12-10-8-6-4-2-1-3-5-7-9-11-13-15-17-19-21-23-24/h24H,1-23H2. The lowest BCUT2D eigenvalue weighted by Crippen LogP contribution is -2.04. The van der Waals surface area contributed by atoms with Gasteiger partial charge in [-0.1, -0.05) is 135 Å². The molecule has 1 aliphatic rings. The van der Waals surface area contributed by atoms with Gasteiger partial charge in [-0.25, -0.2) is 5.11 Å². The van der Waals surface area contributed by atoms with Crippen molar-refractivity contribution in [3.8, 4) is 0 Å². The lowest BCUT2D eigenvalue weighted by atomic mass is 10.0. The van der Waals surface area contributed by atoms with E-state index in [0.29, 0.717) is 0 Å². The molecule has 0 bridgehead atoms. The third kappa shape index (κ3) is 17.1. The fourth-order valence-corrected chi connectivity index (χ4v) is 4.25. The molecule has 1 aliphatic carbocycles. The van der Waals surface area contributed by atoms with Gasteiger partial charge in [0.2, 0.25) is 0 Å². The van der Waals surface area contributed by atoms with Crippen molar-refractivity contribution in [2.75, 3.05) is 0 Å². The molecule has 0 saturated heterocycles. The minimum absolute atomic E-state index is 0.273. The summed E-state index contributed by atoms with van der Waals surface area (Å²) in [5.74, 6) is 0. The summed E-state index contributed by atoms with van der Waals surface area (Å²) >= 11 is 0. The predicted octanol–water partition coefficient (Wildman–Crippen LogP) is 8.77. The van der Waals surface area contributed by atoms with Gasteiger partial charge in [0, 0.05) is 0 Å². The van der Waals surface area contributed by atoms with Gasteiger partial charge < -0.3 is 0 Å². The first-order chi connectivity index (χ1) is 12.4. The second kappa shape index (κ2) is 18.7. The van der Waals surface area contributed by atoms with Gasteiger partial charge in [0.25, 0.3) is 0 Å². The minimum Gasteiger partial charge on any atom is -0.233 e. The van der Waals surface area contributed by atoms with Crippen LogP contribution in [0.3, 0.4) is 0 Å². The molecule has 25 heavy (non-hydrogen) atoms. The van der Waals surface area contributed by atoms with Crippen LogP contribution in [-0.2, 0) is 5.11 Å². The third-order valence-electron chi connectivity index (χ3n) is 6.05. The van der Waals surface area contributed by atoms with Crippen LogP contribution in [0.5, 0.6) is 0 Å². The molecule has 1 fully saturated rings. The van der Waals surface area contributed by atoms with Crippen LogP contribution >= 0.6 is 0 Å². The molecule has 0 aromatic heterocycles. The van der Waals surface area contributed by atoms with Crippen LogP contribution in [0.25, 0.3) is 0 Å². The van der Waals surface area contributed by atoms with Crippen LogP contribution in [-0.4, -0.2) is 6.10 Å². The average Bonchev–Trinajstić information content (AvgIpc) is 2.61. The zero-order valence-electron chi connectivity index (χ0n) is 17.2. The summed E-state index contributed by atoms with van der Waals surface area (Å²) in [6.07, 6.45) is 30.9. The van der Waals surface area contributed by atoms with Crippen LogP contribution in [0.2, 0.25) is 0 Å². The molecule has 1 radical (unpaired) electrons. The Kier molecular flexibility index (Phi) is 17.2. The quantitative estimate of drug-likeness (QED) is 0.415. The van der Waals surface area contributed by atoms with Crippen molar-refractivity contribution in [1.29, 1.82) is 0 Å². The molecule has 1 saturated carbocycles. The molecule has 0 heterocycles. The Morgan fingerprint density at radius 3 is 0.640 bits per heavy atom. The maximum Gasteiger partial charge on any atom is 0.0930 e. The molecule has 0 aromatic rings. The van der Waals surface area contributed by atoms with Gasteiger partial charge in [0.1, 0.15) is 0 Å². The Labute approximate surface area is 159 Å². The topological polar surface area (TPSA) is 19.9 Å². The lowest BCUT2D eigenvalue weighted by Gasteiger charge is -2.08. The highest BCUT2D eigenvalue weighted by Gasteiger charge is 2.05. The Morgan fingerprint density at radius 1 is 0.280 bits per heavy atom. The molecular weight excluding hydrogens is 304 g/mol. The van der Waals surface area contributed by atoms with E-state index < -0.39 is 0 Å². The first kappa shape index (κ1) is 23.0. The maximum absolute atomic E-state index is 12.0. The summed E-state index contributed by atoms with van der Waals surface area (Å²) in [5, 5.41) is 12.0. The molecule has 0 aromatic carbocycles. The van der Waals surface area contributed by atoms with E-state index in [-0.39, 0.29) is 6.10 Å². The zero-order valence-corrected chi connectivity index (χ0v) is 17.2. The highest BCUT2D eigenvalue weighted by molar-refractivity contribution is 4.58. The highest BCUT2D eigenvalue weighted by Crippen LogP contribution is 2.17. The van der Waals surface area contributed by atoms with Gasteiger partial charge in [0.05, 0.1) is 6.10 Å². The van der Waals surface area contributed by atoms with Crippen LogP contribution in [0.15, 0.2) is 0 Å². The van der Waals surface area contributed by atoms with Gasteiger partial charge in [0.15, 0.2) is 0 Å². The van der Waals surface area contributed by atoms with E-state index >= 15 is 0 Å². The first-order valence-corrected chi connectivity index (χ1v) is 12.1. The van der Waals surface area contributed by atoms with Crippen molar-refractivity contribution in [1.82, 2.24) is 0 Å². The van der Waals surface area contributed by atoms with E-state index in [4.69, 9.17) is 0 Å². The smallest absolute Gasteiger partial charge is 0.0930 e. The Morgan fingerprint density at radius 2 is 0.440 bits per heavy atom. The van der Waals surface area contributed by atoms with E-state index in [0.717, 1.165) is 12.8 Å². The third-order valence-corrected chi connectivity index (χ3v) is 6.05. The summed E-state index contributed by atoms with van der Waals surface area (Å²) in [5.41, 5.74) is 0. The number of rotatable bonds is 0. The van der Waals surface area contributed by atoms with E-state index in [1.165, 1.54) is 135 Å². The van der Waals surface area contributed by atoms with Crippen LogP contribution in [0.1, 0.15) is 148 Å². The van der Waals surface area contributed by atoms with Crippen molar-refractivity contribution in [3.05, 3.63) is 0 Å². The number of hydrogen-bond acceptors (Lipinski definition) is 0. The first-order valence-electron chi connectivity index (χ1n) is 12.1. The lowest BCUT2D eigenvalue weighted by molar-refractivity contribution is 0.0688. The monoisotopic (exact) mass is 351 g/mol. The number of hydrogen-bond donors (Lipinski definition) is 0. The molecule has 1 nitrogen and oxygen atoms in total. The Balaban J connectivity index is 2.07. The molecule has 0 amide bonds. The van der Waals surface area contributed by atoms with Crippen LogP contribution in [0, 0.1) is 0 Å². The summed E-state index contributed by atoms with van der Waals surface area (Å²) in [4.78, 5) is 0. The fraction of sp³-hybridized carbons (Fsp3) is 1.00. The normalized spacial score (nSPS) is 24.4. The molecule has 0 N–H and O–H groups in total. The summed E-state index contributed by atoms with van der Waals surface area (Å²) in [7, 11) is 0. The molecule has 0 spiro atoms. The Bertz CT molecular complexity index is 226. The molecule has 0 atom stereocenters. The molecule has 0 aliphatic heterocycles. The van der Waals surface area contributed by atoms with Crippen molar-refractivity contribution in [2.24, 2.45) is 0 Å². The summed E-state index contributed by atoms with van der Waals surface area (Å²) in [6, 6.07) is 0. The van der Waals surface area contributed by atoms with Gasteiger partial charge in [-0.15, -0.1) is 0 Å².